The summed E-state index contributed by atoms with van der Waals surface area (Å²) in [4.78, 5) is 13.6. The maximum absolute atomic E-state index is 11.6. The average molecular weight is 256 g/mol. The molecule has 3 nitrogen and oxygen atoms in total. The predicted octanol–water partition coefficient (Wildman–Crippen LogP) is 3.20. The van der Waals surface area contributed by atoms with Crippen molar-refractivity contribution in [3.8, 4) is 0 Å². The average Bonchev–Trinajstić information content (AvgIpc) is 2.67. The van der Waals surface area contributed by atoms with Gasteiger partial charge in [-0.15, -0.1) is 11.3 Å². The fourth-order valence-electron chi connectivity index (χ4n) is 1.60. The molecule has 4 heteroatoms. The first-order chi connectivity index (χ1) is 8.19. The molecule has 0 saturated heterocycles. The van der Waals surface area contributed by atoms with E-state index in [1.807, 2.05) is 19.9 Å². The first-order valence-electron chi connectivity index (χ1n) is 5.94. The van der Waals surface area contributed by atoms with Gasteiger partial charge in [-0.25, -0.2) is 4.79 Å². The van der Waals surface area contributed by atoms with Crippen LogP contribution in [0.1, 0.15) is 39.9 Å². The number of unbranched alkanes of at least 4 members (excludes halogenated alkanes) is 1. The minimum Gasteiger partial charge on any atom is -0.462 e. The third-order valence-corrected chi connectivity index (χ3v) is 3.78. The summed E-state index contributed by atoms with van der Waals surface area (Å²) in [5.41, 5.74) is 1.19. The Hall–Kier alpha value is -0.870. The van der Waals surface area contributed by atoms with E-state index in [4.69, 9.17) is 9.47 Å². The molecular formula is C13H20O3S. The summed E-state index contributed by atoms with van der Waals surface area (Å²) in [6.07, 6.45) is 3.17. The molecule has 0 spiro atoms. The van der Waals surface area contributed by atoms with Crippen LogP contribution in [0.4, 0.5) is 0 Å². The highest BCUT2D eigenvalue weighted by atomic mass is 32.1. The lowest BCUT2D eigenvalue weighted by atomic mass is 10.1. The van der Waals surface area contributed by atoms with Gasteiger partial charge in [0.1, 0.15) is 4.88 Å². The number of carbonyl (C=O) groups is 1. The van der Waals surface area contributed by atoms with Crippen molar-refractivity contribution in [1.29, 1.82) is 0 Å². The maximum Gasteiger partial charge on any atom is 0.348 e. The van der Waals surface area contributed by atoms with Crippen molar-refractivity contribution in [2.24, 2.45) is 0 Å². The van der Waals surface area contributed by atoms with E-state index in [1.54, 1.807) is 18.4 Å². The molecule has 0 bridgehead atoms. The Bertz CT molecular complexity index is 358. The van der Waals surface area contributed by atoms with E-state index in [1.165, 1.54) is 10.4 Å². The number of carbonyl (C=O) groups excluding carboxylic acids is 1. The Labute approximate surface area is 107 Å². The van der Waals surface area contributed by atoms with Crippen LogP contribution in [0.25, 0.3) is 0 Å². The zero-order valence-electron chi connectivity index (χ0n) is 10.7. The van der Waals surface area contributed by atoms with Crippen LogP contribution in [0.15, 0.2) is 6.07 Å². The highest BCUT2D eigenvalue weighted by Gasteiger charge is 2.12. The number of thiophene rings is 1. The van der Waals surface area contributed by atoms with Crippen molar-refractivity contribution in [3.05, 3.63) is 21.4 Å². The van der Waals surface area contributed by atoms with Crippen molar-refractivity contribution in [1.82, 2.24) is 0 Å². The second kappa shape index (κ2) is 7.45. The van der Waals surface area contributed by atoms with E-state index in [0.29, 0.717) is 11.5 Å². The Morgan fingerprint density at radius 3 is 2.82 bits per heavy atom. The molecule has 0 unspecified atom stereocenters. The molecule has 0 aliphatic heterocycles. The number of hydrogen-bond donors (Lipinski definition) is 0. The van der Waals surface area contributed by atoms with Gasteiger partial charge in [-0.1, -0.05) is 0 Å². The van der Waals surface area contributed by atoms with E-state index >= 15 is 0 Å². The van der Waals surface area contributed by atoms with Gasteiger partial charge in [0.2, 0.25) is 0 Å². The smallest absolute Gasteiger partial charge is 0.348 e. The summed E-state index contributed by atoms with van der Waals surface area (Å²) in [5.74, 6) is -0.205. The van der Waals surface area contributed by atoms with Crippen LogP contribution in [0.3, 0.4) is 0 Å². The summed E-state index contributed by atoms with van der Waals surface area (Å²) in [7, 11) is 1.72. The monoisotopic (exact) mass is 256 g/mol. The molecule has 0 atom stereocenters. The summed E-state index contributed by atoms with van der Waals surface area (Å²) in [6.45, 7) is 5.10. The van der Waals surface area contributed by atoms with Crippen LogP contribution >= 0.6 is 11.3 Å². The van der Waals surface area contributed by atoms with Crippen molar-refractivity contribution in [2.45, 2.75) is 33.1 Å². The standard InChI is InChI=1S/C13H20O3S/c1-4-16-13(14)12-9-10(2)11(17-12)7-5-6-8-15-3/h9H,4-8H2,1-3H3. The fraction of sp³-hybridized carbons (Fsp3) is 0.615. The van der Waals surface area contributed by atoms with Gasteiger partial charge < -0.3 is 9.47 Å². The molecule has 0 saturated carbocycles. The third-order valence-electron chi connectivity index (χ3n) is 2.50. The Morgan fingerprint density at radius 2 is 2.18 bits per heavy atom. The van der Waals surface area contributed by atoms with E-state index in [2.05, 4.69) is 0 Å². The molecule has 1 rings (SSSR count). The van der Waals surface area contributed by atoms with Crippen LogP contribution in [-0.4, -0.2) is 26.3 Å². The molecule has 0 aromatic carbocycles. The van der Waals surface area contributed by atoms with Gasteiger partial charge in [-0.2, -0.15) is 0 Å². The van der Waals surface area contributed by atoms with Crippen LogP contribution in [0.5, 0.6) is 0 Å². The van der Waals surface area contributed by atoms with E-state index < -0.39 is 0 Å². The van der Waals surface area contributed by atoms with Gasteiger partial charge >= 0.3 is 5.97 Å². The minimum absolute atomic E-state index is 0.205. The lowest BCUT2D eigenvalue weighted by Crippen LogP contribution is -2.01. The number of methoxy groups -OCH3 is 1. The Balaban J connectivity index is 2.53. The highest BCUT2D eigenvalue weighted by molar-refractivity contribution is 7.14. The summed E-state index contributed by atoms with van der Waals surface area (Å²) in [5, 5.41) is 0. The van der Waals surface area contributed by atoms with Crippen molar-refractivity contribution < 1.29 is 14.3 Å². The van der Waals surface area contributed by atoms with Crippen molar-refractivity contribution in [3.63, 3.8) is 0 Å². The van der Waals surface area contributed by atoms with Crippen LogP contribution in [0.2, 0.25) is 0 Å². The van der Waals surface area contributed by atoms with Crippen LogP contribution in [0, 0.1) is 6.92 Å². The zero-order chi connectivity index (χ0) is 12.7. The first-order valence-corrected chi connectivity index (χ1v) is 6.76. The van der Waals surface area contributed by atoms with Crippen LogP contribution in [-0.2, 0) is 15.9 Å². The maximum atomic E-state index is 11.6. The highest BCUT2D eigenvalue weighted by Crippen LogP contribution is 2.24. The molecule has 0 radical (unpaired) electrons. The van der Waals surface area contributed by atoms with Crippen molar-refractivity contribution >= 4 is 17.3 Å². The molecule has 17 heavy (non-hydrogen) atoms. The summed E-state index contributed by atoms with van der Waals surface area (Å²) < 4.78 is 10.0. The third kappa shape index (κ3) is 4.48. The van der Waals surface area contributed by atoms with Crippen molar-refractivity contribution in [2.75, 3.05) is 20.3 Å². The summed E-state index contributed by atoms with van der Waals surface area (Å²) >= 11 is 1.55. The predicted molar refractivity (Wildman–Crippen MR) is 69.8 cm³/mol. The molecule has 0 N–H and O–H groups in total. The fourth-order valence-corrected chi connectivity index (χ4v) is 2.71. The molecule has 0 fully saturated rings. The number of esters is 1. The lowest BCUT2D eigenvalue weighted by Gasteiger charge is -1.99. The largest absolute Gasteiger partial charge is 0.462 e. The molecule has 1 aromatic rings. The van der Waals surface area contributed by atoms with Crippen LogP contribution < -0.4 is 0 Å². The molecule has 96 valence electrons. The molecule has 0 aliphatic rings. The molecule has 1 heterocycles. The first kappa shape index (κ1) is 14.2. The summed E-state index contributed by atoms with van der Waals surface area (Å²) in [6, 6.07) is 1.92. The number of rotatable bonds is 7. The van der Waals surface area contributed by atoms with Gasteiger partial charge in [0, 0.05) is 18.6 Å². The Morgan fingerprint density at radius 1 is 1.41 bits per heavy atom. The van der Waals surface area contributed by atoms with E-state index in [0.717, 1.165) is 25.9 Å². The number of aryl methyl sites for hydroxylation is 2. The molecule has 0 aliphatic carbocycles. The van der Waals surface area contributed by atoms with Gasteiger partial charge in [0.05, 0.1) is 6.61 Å². The molecule has 0 amide bonds. The normalized spacial score (nSPS) is 10.5. The van der Waals surface area contributed by atoms with Gasteiger partial charge in [0.15, 0.2) is 0 Å². The van der Waals surface area contributed by atoms with E-state index in [9.17, 15) is 4.79 Å². The zero-order valence-corrected chi connectivity index (χ0v) is 11.6. The Kier molecular flexibility index (Phi) is 6.22. The minimum atomic E-state index is -0.205. The van der Waals surface area contributed by atoms with Gasteiger partial charge in [-0.05, 0) is 44.7 Å². The molecular weight excluding hydrogens is 236 g/mol. The number of hydrogen-bond acceptors (Lipinski definition) is 4. The number of ether oxygens (including phenoxy) is 2. The van der Waals surface area contributed by atoms with E-state index in [-0.39, 0.29) is 5.97 Å². The second-order valence-corrected chi connectivity index (χ2v) is 5.02. The lowest BCUT2D eigenvalue weighted by molar-refractivity contribution is 0.0532. The van der Waals surface area contributed by atoms with Gasteiger partial charge in [0.25, 0.3) is 0 Å². The SMILES string of the molecule is CCOC(=O)c1cc(C)c(CCCCOC)s1. The second-order valence-electron chi connectivity index (χ2n) is 3.89. The van der Waals surface area contributed by atoms with Gasteiger partial charge in [-0.3, -0.25) is 0 Å². The quantitative estimate of drug-likeness (QED) is 0.555. The topological polar surface area (TPSA) is 35.5 Å². The molecule has 1 aromatic heterocycles.